The molecule has 0 bridgehead atoms. The van der Waals surface area contributed by atoms with E-state index in [9.17, 15) is 27.9 Å². The monoisotopic (exact) mass is 563 g/mol. The molecule has 0 fully saturated rings. The molecule has 12 heteroatoms. The van der Waals surface area contributed by atoms with Crippen molar-refractivity contribution in [1.29, 1.82) is 0 Å². The van der Waals surface area contributed by atoms with E-state index in [2.05, 4.69) is 4.74 Å². The van der Waals surface area contributed by atoms with Gasteiger partial charge in [0.1, 0.15) is 16.5 Å². The van der Waals surface area contributed by atoms with Crippen LogP contribution in [-0.2, 0) is 17.4 Å². The van der Waals surface area contributed by atoms with E-state index in [1.54, 1.807) is 0 Å². The lowest BCUT2D eigenvalue weighted by Crippen LogP contribution is -2.47. The topological polar surface area (TPSA) is 77.8 Å². The molecule has 2 unspecified atom stereocenters. The quantitative estimate of drug-likeness (QED) is 0.347. The van der Waals surface area contributed by atoms with Gasteiger partial charge in [-0.1, -0.05) is 47.8 Å². The van der Waals surface area contributed by atoms with Gasteiger partial charge in [0.05, 0.1) is 17.7 Å². The van der Waals surface area contributed by atoms with Gasteiger partial charge in [-0.05, 0) is 35.9 Å². The molecule has 0 saturated heterocycles. The molecule has 0 aliphatic carbocycles. The zero-order valence-corrected chi connectivity index (χ0v) is 21.3. The second kappa shape index (κ2) is 10.3. The minimum absolute atomic E-state index is 0.0344. The van der Waals surface area contributed by atoms with Crippen molar-refractivity contribution >= 4 is 40.8 Å². The first-order chi connectivity index (χ1) is 16.7. The van der Waals surface area contributed by atoms with E-state index >= 15 is 0 Å². The third kappa shape index (κ3) is 5.20. The molecule has 36 heavy (non-hydrogen) atoms. The number of carbonyl (C=O) groups is 1. The zero-order chi connectivity index (χ0) is 27.0. The number of ether oxygens (including phenoxy) is 2. The fourth-order valence-electron chi connectivity index (χ4n) is 3.66. The van der Waals surface area contributed by atoms with Gasteiger partial charge in [0, 0.05) is 35.8 Å². The van der Waals surface area contributed by atoms with E-state index in [0.29, 0.717) is 0 Å². The van der Waals surface area contributed by atoms with Crippen LogP contribution in [-0.4, -0.2) is 28.9 Å². The molecule has 1 heterocycles. The molecule has 0 aliphatic rings. The highest BCUT2D eigenvalue weighted by Gasteiger charge is 2.59. The van der Waals surface area contributed by atoms with Gasteiger partial charge in [0.15, 0.2) is 5.60 Å². The van der Waals surface area contributed by atoms with Gasteiger partial charge in [-0.15, -0.1) is 0 Å². The van der Waals surface area contributed by atoms with Crippen molar-refractivity contribution in [1.82, 2.24) is 4.57 Å². The SMILES string of the molecule is COC(=O)c1ccc(Oc2ccc(C(C)C(O)(c3cc(Cl)c(=O)n(C)c3)C(F)(F)F)c(Cl)c2)cc1Cl. The number of halogens is 6. The van der Waals surface area contributed by atoms with E-state index in [1.165, 1.54) is 50.6 Å². The first kappa shape index (κ1) is 27.9. The Labute approximate surface area is 218 Å². The number of carbonyl (C=O) groups excluding carboxylic acids is 1. The molecule has 6 nitrogen and oxygen atoms in total. The van der Waals surface area contributed by atoms with E-state index in [1.807, 2.05) is 0 Å². The molecular weight excluding hydrogens is 546 g/mol. The maximum atomic E-state index is 14.2. The normalized spacial score (nSPS) is 14.2. The maximum absolute atomic E-state index is 14.2. The van der Waals surface area contributed by atoms with Gasteiger partial charge in [-0.3, -0.25) is 4.79 Å². The van der Waals surface area contributed by atoms with Crippen molar-refractivity contribution in [2.45, 2.75) is 24.6 Å². The van der Waals surface area contributed by atoms with Crippen LogP contribution in [0.3, 0.4) is 0 Å². The van der Waals surface area contributed by atoms with Crippen molar-refractivity contribution in [3.05, 3.63) is 90.8 Å². The lowest BCUT2D eigenvalue weighted by Gasteiger charge is -2.37. The van der Waals surface area contributed by atoms with Crippen molar-refractivity contribution in [3.8, 4) is 11.5 Å². The number of esters is 1. The third-order valence-corrected chi connectivity index (χ3v) is 6.57. The van der Waals surface area contributed by atoms with Crippen molar-refractivity contribution in [2.24, 2.45) is 7.05 Å². The summed E-state index contributed by atoms with van der Waals surface area (Å²) in [5.41, 5.74) is -4.67. The number of alkyl halides is 3. The van der Waals surface area contributed by atoms with Gasteiger partial charge >= 0.3 is 12.1 Å². The molecular formula is C24H19Cl3F3NO5. The Balaban J connectivity index is 1.98. The van der Waals surface area contributed by atoms with Crippen molar-refractivity contribution < 1.29 is 32.5 Å². The summed E-state index contributed by atoms with van der Waals surface area (Å²) in [6.07, 6.45) is -4.27. The number of nitrogens with zero attached hydrogens (tertiary/aromatic N) is 1. The van der Waals surface area contributed by atoms with Crippen molar-refractivity contribution in [2.75, 3.05) is 7.11 Å². The highest BCUT2D eigenvalue weighted by Crippen LogP contribution is 2.50. The molecule has 3 aromatic rings. The molecule has 1 aromatic heterocycles. The molecule has 1 N–H and O–H groups in total. The van der Waals surface area contributed by atoms with Gasteiger partial charge in [0.25, 0.3) is 5.56 Å². The second-order valence-electron chi connectivity index (χ2n) is 7.90. The molecule has 0 radical (unpaired) electrons. The average molecular weight is 565 g/mol. The van der Waals surface area contributed by atoms with E-state index in [4.69, 9.17) is 39.5 Å². The number of methoxy groups -OCH3 is 1. The standard InChI is InChI=1S/C24H19Cl3F3NO5/c1-12(23(34,24(28,29)30)13-8-20(27)21(32)31(2)11-13)16-6-4-14(9-18(16)25)36-15-5-7-17(19(26)10-15)22(33)35-3/h4-12,34H,1-3H3. The first-order valence-corrected chi connectivity index (χ1v) is 11.3. The van der Waals surface area contributed by atoms with Crippen LogP contribution in [0.2, 0.25) is 15.1 Å². The van der Waals surface area contributed by atoms with Crippen LogP contribution in [0.4, 0.5) is 13.2 Å². The van der Waals surface area contributed by atoms with Gasteiger partial charge in [-0.25, -0.2) is 4.79 Å². The summed E-state index contributed by atoms with van der Waals surface area (Å²) in [7, 11) is 2.43. The third-order valence-electron chi connectivity index (χ3n) is 5.66. The predicted octanol–water partition coefficient (Wildman–Crippen LogP) is 6.48. The first-order valence-electron chi connectivity index (χ1n) is 10.2. The van der Waals surface area contributed by atoms with E-state index < -0.39 is 39.8 Å². The number of rotatable bonds is 6. The molecule has 0 spiro atoms. The lowest BCUT2D eigenvalue weighted by molar-refractivity contribution is -0.274. The number of hydrogen-bond acceptors (Lipinski definition) is 5. The van der Waals surface area contributed by atoms with Gasteiger partial charge in [-0.2, -0.15) is 13.2 Å². The van der Waals surface area contributed by atoms with Crippen molar-refractivity contribution in [3.63, 3.8) is 0 Å². The molecule has 2 atom stereocenters. The van der Waals surface area contributed by atoms with Crippen LogP contribution >= 0.6 is 34.8 Å². The Hall–Kier alpha value is -2.72. The lowest BCUT2D eigenvalue weighted by atomic mass is 9.78. The summed E-state index contributed by atoms with van der Waals surface area (Å²) in [6.45, 7) is 1.15. The smallest absolute Gasteiger partial charge is 0.422 e. The van der Waals surface area contributed by atoms with Gasteiger partial charge < -0.3 is 19.1 Å². The summed E-state index contributed by atoms with van der Waals surface area (Å²) in [5, 5.41) is 10.5. The zero-order valence-electron chi connectivity index (χ0n) is 19.0. The molecule has 0 aliphatic heterocycles. The molecule has 0 amide bonds. The minimum atomic E-state index is -5.15. The number of aliphatic hydroxyl groups is 1. The predicted molar refractivity (Wildman–Crippen MR) is 129 cm³/mol. The van der Waals surface area contributed by atoms with Crippen LogP contribution in [0, 0.1) is 0 Å². The fourth-order valence-corrected chi connectivity index (χ4v) is 4.49. The Morgan fingerprint density at radius 2 is 1.58 bits per heavy atom. The molecule has 3 rings (SSSR count). The summed E-state index contributed by atoms with van der Waals surface area (Å²) >= 11 is 18.2. The highest BCUT2D eigenvalue weighted by atomic mass is 35.5. The molecule has 192 valence electrons. The van der Waals surface area contributed by atoms with Crippen LogP contribution in [0.5, 0.6) is 11.5 Å². The van der Waals surface area contributed by atoms with Crippen LogP contribution in [0.1, 0.15) is 34.3 Å². The maximum Gasteiger partial charge on any atom is 0.422 e. The van der Waals surface area contributed by atoms with E-state index in [-0.39, 0.29) is 32.7 Å². The Morgan fingerprint density at radius 3 is 2.08 bits per heavy atom. The number of aromatic nitrogens is 1. The van der Waals surface area contributed by atoms with Crippen LogP contribution in [0.15, 0.2) is 53.5 Å². The number of pyridine rings is 1. The summed E-state index contributed by atoms with van der Waals surface area (Å²) in [6, 6.07) is 8.93. The van der Waals surface area contributed by atoms with Crippen LogP contribution < -0.4 is 10.3 Å². The molecule has 0 saturated carbocycles. The van der Waals surface area contributed by atoms with E-state index in [0.717, 1.165) is 23.8 Å². The number of aryl methyl sites for hydroxylation is 1. The molecule has 2 aromatic carbocycles. The average Bonchev–Trinajstić information content (AvgIpc) is 2.80. The van der Waals surface area contributed by atoms with Gasteiger partial charge in [0.2, 0.25) is 0 Å². The Morgan fingerprint density at radius 1 is 1.00 bits per heavy atom. The largest absolute Gasteiger partial charge is 0.465 e. The summed E-state index contributed by atoms with van der Waals surface area (Å²) in [4.78, 5) is 23.5. The van der Waals surface area contributed by atoms with Crippen LogP contribution in [0.25, 0.3) is 0 Å². The highest BCUT2D eigenvalue weighted by molar-refractivity contribution is 6.33. The Bertz CT molecular complexity index is 1350. The summed E-state index contributed by atoms with van der Waals surface area (Å²) in [5.74, 6) is -1.85. The number of benzene rings is 2. The number of hydrogen-bond donors (Lipinski definition) is 1. The minimum Gasteiger partial charge on any atom is -0.465 e. The fraction of sp³-hybridized carbons (Fsp3) is 0.250. The Kier molecular flexibility index (Phi) is 8.00. The summed E-state index contributed by atoms with van der Waals surface area (Å²) < 4.78 is 53.9. The second-order valence-corrected chi connectivity index (χ2v) is 9.12.